The van der Waals surface area contributed by atoms with Crippen molar-refractivity contribution in [1.29, 1.82) is 0 Å². The van der Waals surface area contributed by atoms with Crippen molar-refractivity contribution in [3.05, 3.63) is 23.8 Å². The van der Waals surface area contributed by atoms with Gasteiger partial charge in [0.25, 0.3) is 0 Å². The molecule has 0 heterocycles. The Labute approximate surface area is 90.0 Å². The summed E-state index contributed by atoms with van der Waals surface area (Å²) in [7, 11) is -0.881. The van der Waals surface area contributed by atoms with Crippen molar-refractivity contribution in [2.24, 2.45) is 5.73 Å². The molecule has 0 spiro atoms. The molecule has 2 unspecified atom stereocenters. The number of methoxy groups -OCH3 is 1. The van der Waals surface area contributed by atoms with Gasteiger partial charge in [-0.25, -0.2) is 13.1 Å². The first-order valence-corrected chi connectivity index (χ1v) is 5.98. The lowest BCUT2D eigenvalue weighted by Gasteiger charge is -2.33. The van der Waals surface area contributed by atoms with Gasteiger partial charge < -0.3 is 10.5 Å². The summed E-state index contributed by atoms with van der Waals surface area (Å²) in [5, 5.41) is 0. The fraction of sp³-hybridized carbons (Fsp3) is 0.556. The Morgan fingerprint density at radius 3 is 2.67 bits per heavy atom. The quantitative estimate of drug-likeness (QED) is 0.701. The number of rotatable bonds is 3. The molecule has 0 aromatic carbocycles. The number of sulfonamides is 1. The van der Waals surface area contributed by atoms with E-state index in [0.29, 0.717) is 0 Å². The maximum atomic E-state index is 11.8. The number of nitrogens with one attached hydrogen (secondary N) is 1. The lowest BCUT2D eigenvalue weighted by atomic mass is 10.0. The van der Waals surface area contributed by atoms with Crippen molar-refractivity contribution in [2.45, 2.75) is 17.9 Å². The highest BCUT2D eigenvalue weighted by Crippen LogP contribution is 2.26. The number of ether oxygens (including phenoxy) is 1. The van der Waals surface area contributed by atoms with E-state index in [4.69, 9.17) is 10.5 Å². The summed E-state index contributed by atoms with van der Waals surface area (Å²) >= 11 is 0. The highest BCUT2D eigenvalue weighted by molar-refractivity contribution is 7.91. The Balaban J connectivity index is 3.26. The van der Waals surface area contributed by atoms with Gasteiger partial charge in [-0.1, -0.05) is 17.7 Å². The predicted molar refractivity (Wildman–Crippen MR) is 58.6 cm³/mol. The van der Waals surface area contributed by atoms with Gasteiger partial charge in [0.15, 0.2) is 4.87 Å². The molecule has 3 N–H and O–H groups in total. The molecule has 0 saturated carbocycles. The number of allylic oxidation sites excluding steroid dienone is 2. The molecule has 0 fully saturated rings. The van der Waals surface area contributed by atoms with Crippen LogP contribution in [-0.2, 0) is 14.8 Å². The van der Waals surface area contributed by atoms with Crippen LogP contribution in [0.3, 0.4) is 0 Å². The number of nitrogens with two attached hydrogens (primary N) is 1. The zero-order valence-electron chi connectivity index (χ0n) is 9.02. The second kappa shape index (κ2) is 4.05. The van der Waals surface area contributed by atoms with Crippen molar-refractivity contribution in [2.75, 3.05) is 14.2 Å². The zero-order valence-corrected chi connectivity index (χ0v) is 9.84. The van der Waals surface area contributed by atoms with Crippen LogP contribution in [0.25, 0.3) is 0 Å². The molecular weight excluding hydrogens is 216 g/mol. The van der Waals surface area contributed by atoms with E-state index in [2.05, 4.69) is 4.72 Å². The van der Waals surface area contributed by atoms with Crippen molar-refractivity contribution in [3.63, 3.8) is 0 Å². The SMILES string of the molecule is CNS(=O)(=O)C1(N)C=C(C)C=CC1OC. The molecule has 2 atom stereocenters. The van der Waals surface area contributed by atoms with Crippen LogP contribution in [0, 0.1) is 0 Å². The van der Waals surface area contributed by atoms with Crippen molar-refractivity contribution >= 4 is 10.0 Å². The molecule has 0 aromatic rings. The zero-order chi connectivity index (χ0) is 11.7. The van der Waals surface area contributed by atoms with Crippen LogP contribution in [0.5, 0.6) is 0 Å². The Kier molecular flexibility index (Phi) is 3.34. The van der Waals surface area contributed by atoms with E-state index in [0.717, 1.165) is 5.57 Å². The van der Waals surface area contributed by atoms with Crippen LogP contribution < -0.4 is 10.5 Å². The molecule has 6 heteroatoms. The van der Waals surface area contributed by atoms with E-state index in [-0.39, 0.29) is 0 Å². The van der Waals surface area contributed by atoms with Gasteiger partial charge in [0.2, 0.25) is 10.0 Å². The van der Waals surface area contributed by atoms with Gasteiger partial charge >= 0.3 is 0 Å². The first kappa shape index (κ1) is 12.4. The third-order valence-corrected chi connectivity index (χ3v) is 4.24. The Morgan fingerprint density at radius 1 is 1.60 bits per heavy atom. The van der Waals surface area contributed by atoms with Gasteiger partial charge in [-0.2, -0.15) is 0 Å². The standard InChI is InChI=1S/C9H16N2O3S/c1-7-4-5-8(14-3)9(10,6-7)15(12,13)11-2/h4-6,8,11H,10H2,1-3H3. The van der Waals surface area contributed by atoms with Crippen LogP contribution in [-0.4, -0.2) is 33.6 Å². The molecule has 0 saturated heterocycles. The minimum atomic E-state index is -3.64. The van der Waals surface area contributed by atoms with E-state index in [1.165, 1.54) is 20.2 Å². The number of hydrogen-bond acceptors (Lipinski definition) is 4. The smallest absolute Gasteiger partial charge is 0.236 e. The Morgan fingerprint density at radius 2 is 2.20 bits per heavy atom. The lowest BCUT2D eigenvalue weighted by Crippen LogP contribution is -2.59. The number of hydrogen-bond donors (Lipinski definition) is 2. The normalized spacial score (nSPS) is 31.5. The average Bonchev–Trinajstić information content (AvgIpc) is 2.17. The molecule has 0 radical (unpaired) electrons. The maximum Gasteiger partial charge on any atom is 0.236 e. The van der Waals surface area contributed by atoms with E-state index >= 15 is 0 Å². The van der Waals surface area contributed by atoms with Crippen molar-refractivity contribution in [1.82, 2.24) is 4.72 Å². The molecule has 86 valence electrons. The summed E-state index contributed by atoms with van der Waals surface area (Å²) < 4.78 is 30.9. The first-order chi connectivity index (χ1) is 6.87. The highest BCUT2D eigenvalue weighted by Gasteiger charge is 2.45. The molecular formula is C9H16N2O3S. The summed E-state index contributed by atoms with van der Waals surface area (Å²) in [6.07, 6.45) is 4.24. The monoisotopic (exact) mass is 232 g/mol. The third kappa shape index (κ3) is 1.98. The van der Waals surface area contributed by atoms with Gasteiger partial charge in [-0.05, 0) is 20.0 Å². The third-order valence-electron chi connectivity index (χ3n) is 2.42. The summed E-state index contributed by atoms with van der Waals surface area (Å²) in [4.78, 5) is -1.55. The molecule has 1 aliphatic carbocycles. The molecule has 5 nitrogen and oxygen atoms in total. The predicted octanol–water partition coefficient (Wildman–Crippen LogP) is -0.278. The highest BCUT2D eigenvalue weighted by atomic mass is 32.2. The molecule has 1 aliphatic rings. The van der Waals surface area contributed by atoms with Crippen LogP contribution in [0.15, 0.2) is 23.8 Å². The first-order valence-electron chi connectivity index (χ1n) is 4.50. The summed E-state index contributed by atoms with van der Waals surface area (Å²) in [5.74, 6) is 0. The van der Waals surface area contributed by atoms with Crippen LogP contribution >= 0.6 is 0 Å². The van der Waals surface area contributed by atoms with E-state index < -0.39 is 21.0 Å². The van der Waals surface area contributed by atoms with Crippen molar-refractivity contribution < 1.29 is 13.2 Å². The Hall–Kier alpha value is -0.690. The molecule has 0 amide bonds. The fourth-order valence-corrected chi connectivity index (χ4v) is 2.72. The van der Waals surface area contributed by atoms with Crippen molar-refractivity contribution in [3.8, 4) is 0 Å². The fourth-order valence-electron chi connectivity index (χ4n) is 1.55. The van der Waals surface area contributed by atoms with E-state index in [1.807, 2.05) is 0 Å². The molecule has 1 rings (SSSR count). The summed E-state index contributed by atoms with van der Waals surface area (Å²) in [6, 6.07) is 0. The molecule has 15 heavy (non-hydrogen) atoms. The molecule has 0 aromatic heterocycles. The second-order valence-corrected chi connectivity index (χ2v) is 5.59. The van der Waals surface area contributed by atoms with Gasteiger partial charge in [0, 0.05) is 7.11 Å². The minimum Gasteiger partial charge on any atom is -0.374 e. The van der Waals surface area contributed by atoms with E-state index in [9.17, 15) is 8.42 Å². The second-order valence-electron chi connectivity index (χ2n) is 3.46. The molecule has 0 aliphatic heterocycles. The van der Waals surface area contributed by atoms with Crippen LogP contribution in [0.1, 0.15) is 6.92 Å². The maximum absolute atomic E-state index is 11.8. The topological polar surface area (TPSA) is 81.4 Å². The summed E-state index contributed by atoms with van der Waals surface area (Å²) in [6.45, 7) is 1.79. The van der Waals surface area contributed by atoms with Gasteiger partial charge in [-0.15, -0.1) is 0 Å². The van der Waals surface area contributed by atoms with Gasteiger partial charge in [0.1, 0.15) is 6.10 Å². The average molecular weight is 232 g/mol. The Bertz CT molecular complexity index is 400. The van der Waals surface area contributed by atoms with Gasteiger partial charge in [0.05, 0.1) is 0 Å². The van der Waals surface area contributed by atoms with E-state index in [1.54, 1.807) is 19.1 Å². The largest absolute Gasteiger partial charge is 0.374 e. The molecule has 0 bridgehead atoms. The minimum absolute atomic E-state index is 0.682. The summed E-state index contributed by atoms with van der Waals surface area (Å²) in [5.41, 5.74) is 6.69. The van der Waals surface area contributed by atoms with Crippen LogP contribution in [0.4, 0.5) is 0 Å². The van der Waals surface area contributed by atoms with Gasteiger partial charge in [-0.3, -0.25) is 0 Å². The van der Waals surface area contributed by atoms with Crippen LogP contribution in [0.2, 0.25) is 0 Å². The lowest BCUT2D eigenvalue weighted by molar-refractivity contribution is 0.116.